The van der Waals surface area contributed by atoms with Crippen molar-refractivity contribution in [1.82, 2.24) is 0 Å². The molecular weight excluding hydrogens is 272 g/mol. The second-order valence-corrected chi connectivity index (χ2v) is 4.94. The van der Waals surface area contributed by atoms with E-state index in [4.69, 9.17) is 19.9 Å². The Hall–Kier alpha value is -1.79. The molecule has 1 aliphatic heterocycles. The Labute approximate surface area is 124 Å². The number of methoxy groups -OCH3 is 1. The zero-order valence-corrected chi connectivity index (χ0v) is 12.5. The van der Waals surface area contributed by atoms with Gasteiger partial charge in [0.25, 0.3) is 5.91 Å². The van der Waals surface area contributed by atoms with Gasteiger partial charge in [-0.05, 0) is 25.5 Å². The highest BCUT2D eigenvalue weighted by Crippen LogP contribution is 2.35. The van der Waals surface area contributed by atoms with E-state index >= 15 is 0 Å². The van der Waals surface area contributed by atoms with Crippen molar-refractivity contribution in [2.24, 2.45) is 0 Å². The molecule has 1 unspecified atom stereocenters. The van der Waals surface area contributed by atoms with E-state index < -0.39 is 6.10 Å². The maximum absolute atomic E-state index is 12.2. The maximum Gasteiger partial charge on any atom is 0.267 e. The third kappa shape index (κ3) is 3.86. The molecule has 0 aromatic heterocycles. The summed E-state index contributed by atoms with van der Waals surface area (Å²) >= 11 is 0. The Bertz CT molecular complexity index is 493. The van der Waals surface area contributed by atoms with Crippen molar-refractivity contribution in [3.8, 4) is 5.75 Å². The lowest BCUT2D eigenvalue weighted by Crippen LogP contribution is -2.45. The number of carbonyl (C=O) groups is 1. The first-order valence-corrected chi connectivity index (χ1v) is 7.07. The van der Waals surface area contributed by atoms with E-state index in [1.807, 2.05) is 0 Å². The molecule has 0 saturated carbocycles. The number of carbonyl (C=O) groups excluding carboxylic acids is 1. The number of hydrogen-bond acceptors (Lipinski definition) is 5. The van der Waals surface area contributed by atoms with Gasteiger partial charge in [0.1, 0.15) is 5.75 Å². The second kappa shape index (κ2) is 7.28. The van der Waals surface area contributed by atoms with Gasteiger partial charge in [-0.25, -0.2) is 0 Å². The first-order chi connectivity index (χ1) is 10.1. The molecule has 0 spiro atoms. The van der Waals surface area contributed by atoms with Gasteiger partial charge in [0.05, 0.1) is 12.3 Å². The van der Waals surface area contributed by atoms with Crippen LogP contribution in [0.5, 0.6) is 5.75 Å². The minimum absolute atomic E-state index is 0.0623. The van der Waals surface area contributed by atoms with E-state index in [-0.39, 0.29) is 5.91 Å². The molecule has 6 heteroatoms. The lowest BCUT2D eigenvalue weighted by Gasteiger charge is -2.33. The van der Waals surface area contributed by atoms with Gasteiger partial charge in [-0.1, -0.05) is 0 Å². The van der Waals surface area contributed by atoms with Gasteiger partial charge in [0.2, 0.25) is 0 Å². The summed E-state index contributed by atoms with van der Waals surface area (Å²) in [4.78, 5) is 13.9. The van der Waals surface area contributed by atoms with Gasteiger partial charge in [0.15, 0.2) is 6.10 Å². The number of anilines is 2. The Kier molecular flexibility index (Phi) is 5.41. The van der Waals surface area contributed by atoms with Crippen LogP contribution in [0.1, 0.15) is 13.3 Å². The van der Waals surface area contributed by atoms with E-state index in [9.17, 15) is 4.79 Å². The highest BCUT2D eigenvalue weighted by atomic mass is 16.5. The van der Waals surface area contributed by atoms with Gasteiger partial charge in [0, 0.05) is 38.6 Å². The fourth-order valence-corrected chi connectivity index (χ4v) is 2.22. The number of benzene rings is 1. The third-order valence-electron chi connectivity index (χ3n) is 3.29. The van der Waals surface area contributed by atoms with Crippen molar-refractivity contribution in [1.29, 1.82) is 0 Å². The molecule has 1 aromatic carbocycles. The minimum Gasteiger partial charge on any atom is -0.479 e. The minimum atomic E-state index is -0.507. The Morgan fingerprint density at radius 1 is 1.33 bits per heavy atom. The van der Waals surface area contributed by atoms with Crippen LogP contribution in [0.15, 0.2) is 18.2 Å². The van der Waals surface area contributed by atoms with Crippen LogP contribution in [0.25, 0.3) is 0 Å². The zero-order chi connectivity index (χ0) is 15.2. The number of hydrogen-bond donors (Lipinski definition) is 1. The van der Waals surface area contributed by atoms with Crippen LogP contribution in [-0.2, 0) is 14.3 Å². The highest BCUT2D eigenvalue weighted by Gasteiger charge is 2.31. The molecule has 0 fully saturated rings. The standard InChI is InChI=1S/C15H22N2O4/c1-11-15(18)17(6-9-20-8-3-7-19-2)13-5-4-12(16)10-14(13)21-11/h4-5,10-11H,3,6-9,16H2,1-2H3. The van der Waals surface area contributed by atoms with Crippen LogP contribution in [-0.4, -0.2) is 45.5 Å². The van der Waals surface area contributed by atoms with E-state index in [2.05, 4.69) is 0 Å². The van der Waals surface area contributed by atoms with Crippen LogP contribution in [0.3, 0.4) is 0 Å². The average Bonchev–Trinajstić information content (AvgIpc) is 2.46. The van der Waals surface area contributed by atoms with Crippen molar-refractivity contribution in [3.63, 3.8) is 0 Å². The number of rotatable bonds is 7. The van der Waals surface area contributed by atoms with Crippen LogP contribution in [0.2, 0.25) is 0 Å². The first-order valence-electron chi connectivity index (χ1n) is 7.07. The van der Waals surface area contributed by atoms with Crippen molar-refractivity contribution < 1.29 is 19.0 Å². The molecule has 6 nitrogen and oxygen atoms in total. The summed E-state index contributed by atoms with van der Waals surface area (Å²) < 4.78 is 16.1. The number of fused-ring (bicyclic) bond motifs is 1. The van der Waals surface area contributed by atoms with E-state index in [0.717, 1.165) is 12.1 Å². The zero-order valence-electron chi connectivity index (χ0n) is 12.5. The molecule has 0 saturated heterocycles. The largest absolute Gasteiger partial charge is 0.479 e. The summed E-state index contributed by atoms with van der Waals surface area (Å²) in [5, 5.41) is 0. The monoisotopic (exact) mass is 294 g/mol. The lowest BCUT2D eigenvalue weighted by molar-refractivity contribution is -0.125. The molecule has 1 heterocycles. The number of ether oxygens (including phenoxy) is 3. The van der Waals surface area contributed by atoms with Gasteiger partial charge in [-0.15, -0.1) is 0 Å². The SMILES string of the molecule is COCCCOCCN1C(=O)C(C)Oc2cc(N)ccc21. The molecule has 116 valence electrons. The van der Waals surface area contributed by atoms with Gasteiger partial charge >= 0.3 is 0 Å². The molecule has 2 rings (SSSR count). The predicted molar refractivity (Wildman–Crippen MR) is 80.6 cm³/mol. The smallest absolute Gasteiger partial charge is 0.267 e. The molecule has 0 aliphatic carbocycles. The summed E-state index contributed by atoms with van der Waals surface area (Å²) in [7, 11) is 1.66. The van der Waals surface area contributed by atoms with Crippen LogP contribution < -0.4 is 15.4 Å². The van der Waals surface area contributed by atoms with Crippen LogP contribution in [0.4, 0.5) is 11.4 Å². The van der Waals surface area contributed by atoms with Gasteiger partial charge < -0.3 is 24.8 Å². The Balaban J connectivity index is 1.96. The number of nitrogen functional groups attached to an aromatic ring is 1. The van der Waals surface area contributed by atoms with Gasteiger partial charge in [-0.2, -0.15) is 0 Å². The molecule has 1 amide bonds. The van der Waals surface area contributed by atoms with E-state index in [1.54, 1.807) is 37.1 Å². The summed E-state index contributed by atoms with van der Waals surface area (Å²) in [6.07, 6.45) is 0.338. The summed E-state index contributed by atoms with van der Waals surface area (Å²) in [5.74, 6) is 0.578. The fraction of sp³-hybridized carbons (Fsp3) is 0.533. The van der Waals surface area contributed by atoms with E-state index in [0.29, 0.717) is 37.8 Å². The van der Waals surface area contributed by atoms with Crippen LogP contribution in [0, 0.1) is 0 Å². The first kappa shape index (κ1) is 15.6. The number of nitrogens with two attached hydrogens (primary N) is 1. The van der Waals surface area contributed by atoms with Crippen molar-refractivity contribution in [3.05, 3.63) is 18.2 Å². The van der Waals surface area contributed by atoms with Crippen molar-refractivity contribution in [2.75, 3.05) is 44.1 Å². The maximum atomic E-state index is 12.2. The van der Waals surface area contributed by atoms with Crippen molar-refractivity contribution >= 4 is 17.3 Å². The number of nitrogens with zero attached hydrogens (tertiary/aromatic N) is 1. The third-order valence-corrected chi connectivity index (χ3v) is 3.29. The Morgan fingerprint density at radius 2 is 2.14 bits per heavy atom. The fourth-order valence-electron chi connectivity index (χ4n) is 2.22. The Morgan fingerprint density at radius 3 is 2.90 bits per heavy atom. The number of amides is 1. The summed E-state index contributed by atoms with van der Waals surface area (Å²) in [5.41, 5.74) is 7.12. The summed E-state index contributed by atoms with van der Waals surface area (Å²) in [6, 6.07) is 5.31. The molecule has 0 bridgehead atoms. The molecule has 1 aromatic rings. The molecule has 1 atom stereocenters. The molecule has 21 heavy (non-hydrogen) atoms. The van der Waals surface area contributed by atoms with Gasteiger partial charge in [-0.3, -0.25) is 4.79 Å². The molecular formula is C15H22N2O4. The molecule has 2 N–H and O–H groups in total. The quantitative estimate of drug-likeness (QED) is 0.608. The molecule has 1 aliphatic rings. The van der Waals surface area contributed by atoms with E-state index in [1.165, 1.54) is 0 Å². The second-order valence-electron chi connectivity index (χ2n) is 4.94. The van der Waals surface area contributed by atoms with Crippen LogP contribution >= 0.6 is 0 Å². The normalized spacial score (nSPS) is 17.5. The summed E-state index contributed by atoms with van der Waals surface area (Å²) in [6.45, 7) is 4.01. The lowest BCUT2D eigenvalue weighted by atomic mass is 10.1. The predicted octanol–water partition coefficient (Wildman–Crippen LogP) is 1.44. The molecule has 0 radical (unpaired) electrons. The average molecular weight is 294 g/mol. The highest BCUT2D eigenvalue weighted by molar-refractivity contribution is 6.00. The topological polar surface area (TPSA) is 74.0 Å². The van der Waals surface area contributed by atoms with Crippen molar-refractivity contribution in [2.45, 2.75) is 19.4 Å².